The van der Waals surface area contributed by atoms with Crippen LogP contribution in [0.5, 0.6) is 0 Å². The fourth-order valence-corrected chi connectivity index (χ4v) is 5.42. The van der Waals surface area contributed by atoms with E-state index >= 15 is 0 Å². The Bertz CT molecular complexity index is 569. The number of benzene rings is 2. The molecule has 19 heavy (non-hydrogen) atoms. The average Bonchev–Trinajstić information content (AvgIpc) is 2.46. The number of allylic oxidation sites excluding steroid dienone is 1. The molecule has 2 rings (SSSR count). The van der Waals surface area contributed by atoms with Gasteiger partial charge in [0.1, 0.15) is 5.94 Å². The summed E-state index contributed by atoms with van der Waals surface area (Å²) in [4.78, 5) is 10.9. The van der Waals surface area contributed by atoms with E-state index < -0.39 is 8.07 Å². The van der Waals surface area contributed by atoms with Crippen LogP contribution in [0.4, 0.5) is 0 Å². The summed E-state index contributed by atoms with van der Waals surface area (Å²) in [6, 6.07) is 20.7. The second kappa shape index (κ2) is 5.83. The topological polar surface area (TPSA) is 17.1 Å². The molecule has 1 nitrogen and oxygen atoms in total. The summed E-state index contributed by atoms with van der Waals surface area (Å²) in [5.74, 6) is 2.00. The lowest BCUT2D eigenvalue weighted by Gasteiger charge is -2.30. The summed E-state index contributed by atoms with van der Waals surface area (Å²) < 4.78 is 0. The molecular formula is C17H18OSi. The van der Waals surface area contributed by atoms with Crippen molar-refractivity contribution in [1.82, 2.24) is 0 Å². The smallest absolute Gasteiger partial charge is 0.120 e. The van der Waals surface area contributed by atoms with Gasteiger partial charge < -0.3 is 0 Å². The van der Waals surface area contributed by atoms with Crippen LogP contribution in [0, 0.1) is 0 Å². The first-order valence-electron chi connectivity index (χ1n) is 6.47. The minimum atomic E-state index is -1.79. The Kier molecular flexibility index (Phi) is 4.15. The maximum Gasteiger partial charge on any atom is 0.120 e. The molecule has 0 heterocycles. The molecular weight excluding hydrogens is 248 g/mol. The maximum atomic E-state index is 10.9. The van der Waals surface area contributed by atoms with Gasteiger partial charge in [-0.2, -0.15) is 0 Å². The zero-order valence-electron chi connectivity index (χ0n) is 11.3. The van der Waals surface area contributed by atoms with Crippen molar-refractivity contribution in [3.63, 3.8) is 0 Å². The van der Waals surface area contributed by atoms with E-state index in [-0.39, 0.29) is 5.54 Å². The van der Waals surface area contributed by atoms with E-state index in [0.29, 0.717) is 0 Å². The van der Waals surface area contributed by atoms with Crippen molar-refractivity contribution < 1.29 is 4.79 Å². The summed E-state index contributed by atoms with van der Waals surface area (Å²) in [5, 5.41) is 1.36. The SMILES string of the molecule is C[Si](C)(c1ccccc1)[C@H](C=C=O)c1ccccc1. The Morgan fingerprint density at radius 1 is 0.947 bits per heavy atom. The standard InChI is InChI=1S/C17H18OSi/c1-19(2,16-11-7-4-8-12-16)17(13-14-18)15-9-5-3-6-10-15/h3-13,17H,1-2H3/t17-/m1/s1. The zero-order chi connectivity index (χ0) is 13.7. The highest BCUT2D eigenvalue weighted by molar-refractivity contribution is 6.91. The zero-order valence-corrected chi connectivity index (χ0v) is 12.3. The van der Waals surface area contributed by atoms with Crippen molar-refractivity contribution in [2.45, 2.75) is 18.6 Å². The normalized spacial score (nSPS) is 12.5. The molecule has 96 valence electrons. The molecule has 0 saturated carbocycles. The molecule has 0 saturated heterocycles. The Balaban J connectivity index is 2.48. The van der Waals surface area contributed by atoms with Gasteiger partial charge in [0.25, 0.3) is 0 Å². The first-order chi connectivity index (χ1) is 9.16. The predicted octanol–water partition coefficient (Wildman–Crippen LogP) is 3.31. The van der Waals surface area contributed by atoms with Gasteiger partial charge in [-0.1, -0.05) is 78.9 Å². The Morgan fingerprint density at radius 2 is 1.47 bits per heavy atom. The first kappa shape index (κ1) is 13.5. The van der Waals surface area contributed by atoms with Gasteiger partial charge >= 0.3 is 0 Å². The molecule has 0 aliphatic rings. The number of rotatable bonds is 4. The van der Waals surface area contributed by atoms with Crippen LogP contribution < -0.4 is 5.19 Å². The van der Waals surface area contributed by atoms with Crippen molar-refractivity contribution in [2.75, 3.05) is 0 Å². The second-order valence-corrected chi connectivity index (χ2v) is 9.90. The third-order valence-electron chi connectivity index (χ3n) is 3.69. The van der Waals surface area contributed by atoms with E-state index in [1.54, 1.807) is 6.08 Å². The lowest BCUT2D eigenvalue weighted by molar-refractivity contribution is 0.568. The van der Waals surface area contributed by atoms with Crippen molar-refractivity contribution in [1.29, 1.82) is 0 Å². The molecule has 0 N–H and O–H groups in total. The molecule has 0 spiro atoms. The van der Waals surface area contributed by atoms with E-state index in [0.717, 1.165) is 0 Å². The van der Waals surface area contributed by atoms with Crippen LogP contribution in [0.1, 0.15) is 11.1 Å². The van der Waals surface area contributed by atoms with Gasteiger partial charge in [0.05, 0.1) is 8.07 Å². The van der Waals surface area contributed by atoms with Crippen LogP contribution in [-0.2, 0) is 4.79 Å². The van der Waals surface area contributed by atoms with Gasteiger partial charge in [-0.15, -0.1) is 0 Å². The molecule has 0 bridgehead atoms. The molecule has 2 heteroatoms. The number of hydrogen-bond donors (Lipinski definition) is 0. The van der Waals surface area contributed by atoms with E-state index in [2.05, 4.69) is 49.5 Å². The van der Waals surface area contributed by atoms with Gasteiger partial charge in [-0.05, 0) is 5.56 Å². The Hall–Kier alpha value is -1.89. The van der Waals surface area contributed by atoms with E-state index in [9.17, 15) is 4.79 Å². The Morgan fingerprint density at radius 3 is 2.00 bits per heavy atom. The van der Waals surface area contributed by atoms with Gasteiger partial charge in [-0.25, -0.2) is 4.79 Å². The molecule has 0 fully saturated rings. The maximum absolute atomic E-state index is 10.9. The molecule has 2 aromatic rings. The summed E-state index contributed by atoms with van der Waals surface area (Å²) in [6.45, 7) is 4.60. The highest BCUT2D eigenvalue weighted by Gasteiger charge is 2.33. The fraction of sp³-hybridized carbons (Fsp3) is 0.176. The fourth-order valence-electron chi connectivity index (χ4n) is 2.50. The van der Waals surface area contributed by atoms with Gasteiger partial charge in [0, 0.05) is 11.6 Å². The lowest BCUT2D eigenvalue weighted by atomic mass is 10.1. The van der Waals surface area contributed by atoms with E-state index in [4.69, 9.17) is 0 Å². The molecule has 1 atom stereocenters. The van der Waals surface area contributed by atoms with Crippen molar-refractivity contribution in [3.8, 4) is 0 Å². The van der Waals surface area contributed by atoms with E-state index in [1.807, 2.05) is 30.2 Å². The average molecular weight is 266 g/mol. The summed E-state index contributed by atoms with van der Waals surface area (Å²) in [7, 11) is -1.79. The van der Waals surface area contributed by atoms with Crippen LogP contribution in [0.25, 0.3) is 0 Å². The van der Waals surface area contributed by atoms with Gasteiger partial charge in [0.15, 0.2) is 0 Å². The van der Waals surface area contributed by atoms with Crippen molar-refractivity contribution in [2.24, 2.45) is 0 Å². The van der Waals surface area contributed by atoms with Crippen LogP contribution in [-0.4, -0.2) is 14.0 Å². The summed E-state index contributed by atoms with van der Waals surface area (Å²) in [5.41, 5.74) is 1.36. The summed E-state index contributed by atoms with van der Waals surface area (Å²) >= 11 is 0. The molecule has 0 aromatic heterocycles. The van der Waals surface area contributed by atoms with Crippen LogP contribution >= 0.6 is 0 Å². The van der Waals surface area contributed by atoms with Gasteiger partial charge in [-0.3, -0.25) is 0 Å². The van der Waals surface area contributed by atoms with Crippen LogP contribution in [0.2, 0.25) is 13.1 Å². The quantitative estimate of drug-likeness (QED) is 0.613. The first-order valence-corrected chi connectivity index (χ1v) is 9.55. The molecule has 0 amide bonds. The number of carbonyl (C=O) groups excluding carboxylic acids is 1. The van der Waals surface area contributed by atoms with Gasteiger partial charge in [0.2, 0.25) is 0 Å². The molecule has 2 aromatic carbocycles. The number of hydrogen-bond acceptors (Lipinski definition) is 1. The summed E-state index contributed by atoms with van der Waals surface area (Å²) in [6.07, 6.45) is 1.69. The van der Waals surface area contributed by atoms with Crippen molar-refractivity contribution in [3.05, 3.63) is 72.3 Å². The molecule has 0 aliphatic heterocycles. The highest BCUT2D eigenvalue weighted by atomic mass is 28.3. The third-order valence-corrected chi connectivity index (χ3v) is 7.57. The second-order valence-electron chi connectivity index (χ2n) is 5.26. The van der Waals surface area contributed by atoms with Crippen LogP contribution in [0.15, 0.2) is 66.7 Å². The Labute approximate surface area is 115 Å². The van der Waals surface area contributed by atoms with Crippen molar-refractivity contribution >= 4 is 19.2 Å². The highest BCUT2D eigenvalue weighted by Crippen LogP contribution is 2.27. The minimum absolute atomic E-state index is 0.161. The molecule has 0 unspecified atom stereocenters. The van der Waals surface area contributed by atoms with E-state index in [1.165, 1.54) is 10.8 Å². The molecule has 0 aliphatic carbocycles. The minimum Gasteiger partial charge on any atom is -0.234 e. The molecule has 0 radical (unpaired) electrons. The monoisotopic (exact) mass is 266 g/mol. The van der Waals surface area contributed by atoms with Crippen LogP contribution in [0.3, 0.4) is 0 Å². The third kappa shape index (κ3) is 2.92. The largest absolute Gasteiger partial charge is 0.234 e. The lowest BCUT2D eigenvalue weighted by Crippen LogP contribution is -2.47. The predicted molar refractivity (Wildman–Crippen MR) is 83.0 cm³/mol.